The minimum atomic E-state index is -3.46. The molecule has 2 aromatic heterocycles. The molecule has 4 aromatic rings. The fourth-order valence-electron chi connectivity index (χ4n) is 4.68. The molecule has 0 spiro atoms. The number of nitrogens with zero attached hydrogens (tertiary/aromatic N) is 3. The molecule has 0 radical (unpaired) electrons. The molecule has 0 bridgehead atoms. The molecular weight excluding hydrogens is 536 g/mol. The van der Waals surface area contributed by atoms with Crippen LogP contribution in [0.1, 0.15) is 31.7 Å². The lowest BCUT2D eigenvalue weighted by molar-refractivity contribution is 0.466. The van der Waals surface area contributed by atoms with E-state index in [2.05, 4.69) is 25.3 Å². The van der Waals surface area contributed by atoms with E-state index in [1.165, 1.54) is 6.20 Å². The van der Waals surface area contributed by atoms with Crippen LogP contribution in [-0.4, -0.2) is 48.3 Å². The van der Waals surface area contributed by atoms with Crippen molar-refractivity contribution in [3.8, 4) is 22.9 Å². The Morgan fingerprint density at radius 3 is 2.82 bits per heavy atom. The van der Waals surface area contributed by atoms with Crippen LogP contribution in [0.15, 0.2) is 54.9 Å². The van der Waals surface area contributed by atoms with Gasteiger partial charge in [-0.3, -0.25) is 4.72 Å². The van der Waals surface area contributed by atoms with Gasteiger partial charge in [0.1, 0.15) is 5.75 Å². The molecule has 1 atom stereocenters. The SMILES string of the molecule is CCCS(=O)(=O)Nc1cccc2c(Oc3ncc(Cl)cc3-c3ccnc(NC4CCCNC4)n3)c(C)ccc12. The minimum absolute atomic E-state index is 0.0453. The zero-order chi connectivity index (χ0) is 27.4. The maximum atomic E-state index is 12.5. The van der Waals surface area contributed by atoms with Crippen molar-refractivity contribution in [1.82, 2.24) is 20.3 Å². The molecule has 11 heteroatoms. The van der Waals surface area contributed by atoms with Crippen LogP contribution in [0.2, 0.25) is 5.02 Å². The first kappa shape index (κ1) is 27.1. The van der Waals surface area contributed by atoms with E-state index in [0.29, 0.717) is 46.0 Å². The van der Waals surface area contributed by atoms with Crippen molar-refractivity contribution in [1.29, 1.82) is 0 Å². The third-order valence-corrected chi connectivity index (χ3v) is 8.21. The van der Waals surface area contributed by atoms with E-state index in [-0.39, 0.29) is 11.8 Å². The standard InChI is InChI=1S/C28H31ClN6O3S/c1-3-14-39(36,37)35-25-8-4-7-22-21(25)10-9-18(2)26(22)38-27-23(15-19(29)16-32-27)24-11-13-31-28(34-24)33-20-6-5-12-30-17-20/h4,7-11,13,15-16,20,30,35H,3,5-6,12,14,17H2,1-2H3,(H,31,33,34). The molecule has 0 amide bonds. The Labute approximate surface area is 233 Å². The van der Waals surface area contributed by atoms with Gasteiger partial charge in [-0.2, -0.15) is 0 Å². The predicted octanol–water partition coefficient (Wildman–Crippen LogP) is 5.76. The summed E-state index contributed by atoms with van der Waals surface area (Å²) in [6.45, 7) is 5.65. The molecule has 9 nitrogen and oxygen atoms in total. The number of pyridine rings is 1. The Bertz CT molecular complexity index is 1590. The number of rotatable bonds is 9. The maximum absolute atomic E-state index is 12.5. The zero-order valence-corrected chi connectivity index (χ0v) is 23.4. The van der Waals surface area contributed by atoms with Crippen molar-refractivity contribution in [2.45, 2.75) is 39.2 Å². The Balaban J connectivity index is 1.51. The summed E-state index contributed by atoms with van der Waals surface area (Å²) in [5.41, 5.74) is 2.60. The number of anilines is 2. The molecule has 39 heavy (non-hydrogen) atoms. The van der Waals surface area contributed by atoms with Crippen molar-refractivity contribution in [2.24, 2.45) is 0 Å². The van der Waals surface area contributed by atoms with E-state index in [9.17, 15) is 8.42 Å². The summed E-state index contributed by atoms with van der Waals surface area (Å²) >= 11 is 6.35. The van der Waals surface area contributed by atoms with Gasteiger partial charge in [0.25, 0.3) is 0 Å². The van der Waals surface area contributed by atoms with Gasteiger partial charge in [0.15, 0.2) is 0 Å². The largest absolute Gasteiger partial charge is 0.437 e. The van der Waals surface area contributed by atoms with Gasteiger partial charge in [-0.15, -0.1) is 0 Å². The molecule has 3 N–H and O–H groups in total. The molecule has 0 aliphatic carbocycles. The molecule has 2 aromatic carbocycles. The normalized spacial score (nSPS) is 15.7. The average molecular weight is 567 g/mol. The highest BCUT2D eigenvalue weighted by Crippen LogP contribution is 2.39. The lowest BCUT2D eigenvalue weighted by Crippen LogP contribution is -2.38. The first-order valence-corrected chi connectivity index (χ1v) is 15.0. The molecule has 5 rings (SSSR count). The number of sulfonamides is 1. The molecule has 204 valence electrons. The fraction of sp³-hybridized carbons (Fsp3) is 0.321. The Kier molecular flexibility index (Phi) is 8.15. The molecule has 0 saturated carbocycles. The maximum Gasteiger partial charge on any atom is 0.232 e. The topological polar surface area (TPSA) is 118 Å². The van der Waals surface area contributed by atoms with Crippen molar-refractivity contribution in [3.63, 3.8) is 0 Å². The second-order valence-corrected chi connectivity index (χ2v) is 11.9. The number of fused-ring (bicyclic) bond motifs is 1. The van der Waals surface area contributed by atoms with Gasteiger partial charge in [-0.25, -0.2) is 23.4 Å². The number of ether oxygens (including phenoxy) is 1. The number of aryl methyl sites for hydroxylation is 1. The van der Waals surface area contributed by atoms with Crippen LogP contribution in [0.25, 0.3) is 22.0 Å². The fourth-order valence-corrected chi connectivity index (χ4v) is 5.99. The minimum Gasteiger partial charge on any atom is -0.437 e. The van der Waals surface area contributed by atoms with E-state index < -0.39 is 10.0 Å². The summed E-state index contributed by atoms with van der Waals surface area (Å²) in [4.78, 5) is 13.6. The van der Waals surface area contributed by atoms with Gasteiger partial charge in [0, 0.05) is 35.8 Å². The average Bonchev–Trinajstić information content (AvgIpc) is 2.91. The lowest BCUT2D eigenvalue weighted by atomic mass is 10.0. The summed E-state index contributed by atoms with van der Waals surface area (Å²) in [5, 5.41) is 8.72. The second kappa shape index (κ2) is 11.7. The smallest absolute Gasteiger partial charge is 0.232 e. The highest BCUT2D eigenvalue weighted by molar-refractivity contribution is 7.92. The molecule has 1 unspecified atom stereocenters. The van der Waals surface area contributed by atoms with Crippen molar-refractivity contribution in [2.75, 3.05) is 28.9 Å². The van der Waals surface area contributed by atoms with Crippen molar-refractivity contribution in [3.05, 3.63) is 65.4 Å². The van der Waals surface area contributed by atoms with Gasteiger partial charge in [0.2, 0.25) is 21.9 Å². The number of hydrogen-bond acceptors (Lipinski definition) is 8. The number of halogens is 1. The number of piperidine rings is 1. The van der Waals surface area contributed by atoms with Crippen LogP contribution in [-0.2, 0) is 10.0 Å². The number of nitrogens with one attached hydrogen (secondary N) is 3. The Hall–Kier alpha value is -3.47. The van der Waals surface area contributed by atoms with Crippen LogP contribution in [0.4, 0.5) is 11.6 Å². The molecule has 1 fully saturated rings. The summed E-state index contributed by atoms with van der Waals surface area (Å²) in [6, 6.07) is 13.1. The Morgan fingerprint density at radius 1 is 1.15 bits per heavy atom. The van der Waals surface area contributed by atoms with Crippen LogP contribution >= 0.6 is 11.6 Å². The van der Waals surface area contributed by atoms with Gasteiger partial charge in [0.05, 0.1) is 27.7 Å². The summed E-state index contributed by atoms with van der Waals surface area (Å²) < 4.78 is 34.1. The molecule has 3 heterocycles. The first-order valence-electron chi connectivity index (χ1n) is 13.0. The molecule has 1 aliphatic rings. The van der Waals surface area contributed by atoms with E-state index >= 15 is 0 Å². The number of aromatic nitrogens is 3. The Morgan fingerprint density at radius 2 is 2.03 bits per heavy atom. The zero-order valence-electron chi connectivity index (χ0n) is 21.9. The highest BCUT2D eigenvalue weighted by atomic mass is 35.5. The monoisotopic (exact) mass is 566 g/mol. The van der Waals surface area contributed by atoms with Crippen molar-refractivity contribution >= 4 is 44.0 Å². The summed E-state index contributed by atoms with van der Waals surface area (Å²) in [6.07, 6.45) is 5.89. The van der Waals surface area contributed by atoms with Crippen LogP contribution in [0.3, 0.4) is 0 Å². The third-order valence-electron chi connectivity index (χ3n) is 6.53. The van der Waals surface area contributed by atoms with E-state index in [4.69, 9.17) is 21.3 Å². The third kappa shape index (κ3) is 6.41. The molecule has 1 aliphatic heterocycles. The van der Waals surface area contributed by atoms with E-state index in [1.807, 2.05) is 32.0 Å². The van der Waals surface area contributed by atoms with Gasteiger partial charge >= 0.3 is 0 Å². The number of benzene rings is 2. The van der Waals surface area contributed by atoms with Gasteiger partial charge in [-0.1, -0.05) is 42.8 Å². The lowest BCUT2D eigenvalue weighted by Gasteiger charge is -2.23. The summed E-state index contributed by atoms with van der Waals surface area (Å²) in [5.74, 6) is 1.47. The van der Waals surface area contributed by atoms with Gasteiger partial charge < -0.3 is 15.4 Å². The second-order valence-electron chi connectivity index (χ2n) is 9.59. The molecular formula is C28H31ClN6O3S. The van der Waals surface area contributed by atoms with Crippen LogP contribution in [0, 0.1) is 6.92 Å². The highest BCUT2D eigenvalue weighted by Gasteiger charge is 2.19. The summed E-state index contributed by atoms with van der Waals surface area (Å²) in [7, 11) is -3.46. The number of hydrogen-bond donors (Lipinski definition) is 3. The van der Waals surface area contributed by atoms with Crippen LogP contribution < -0.4 is 20.1 Å². The van der Waals surface area contributed by atoms with Crippen molar-refractivity contribution < 1.29 is 13.2 Å². The van der Waals surface area contributed by atoms with Crippen LogP contribution in [0.5, 0.6) is 11.6 Å². The first-order chi connectivity index (χ1) is 18.8. The molecule has 1 saturated heterocycles. The van der Waals surface area contributed by atoms with E-state index in [0.717, 1.165) is 42.3 Å². The van der Waals surface area contributed by atoms with Gasteiger partial charge in [-0.05, 0) is 56.5 Å². The predicted molar refractivity (Wildman–Crippen MR) is 156 cm³/mol. The van der Waals surface area contributed by atoms with E-state index in [1.54, 1.807) is 30.5 Å². The quantitative estimate of drug-likeness (QED) is 0.234.